The number of alkyl halides is 3. The number of hydrogen-bond donors (Lipinski definition) is 5. The fourth-order valence-electron chi connectivity index (χ4n) is 3.75. The minimum Gasteiger partial charge on any atom is -0.506 e. The highest BCUT2D eigenvalue weighted by atomic mass is 32.2. The van der Waals surface area contributed by atoms with Crippen molar-refractivity contribution in [3.63, 3.8) is 0 Å². The van der Waals surface area contributed by atoms with Crippen molar-refractivity contribution >= 4 is 33.4 Å². The lowest BCUT2D eigenvalue weighted by molar-refractivity contribution is -0.137. The molecule has 1 amide bonds. The van der Waals surface area contributed by atoms with Crippen molar-refractivity contribution in [3.8, 4) is 5.75 Å². The molecule has 0 spiro atoms. The first-order chi connectivity index (χ1) is 16.3. The Kier molecular flexibility index (Phi) is 7.69. The van der Waals surface area contributed by atoms with Gasteiger partial charge in [0.25, 0.3) is 5.91 Å². The van der Waals surface area contributed by atoms with Crippen LogP contribution in [0.25, 0.3) is 0 Å². The molecule has 1 saturated carbocycles. The number of anilines is 3. The SMILES string of the molecule is CNC(=O)c1cc(Nc2ncc(C(F)(F)F)c(N[C@@H]3CCCCC3NS(C)(=O)=O)n2)c(O)cc1F. The van der Waals surface area contributed by atoms with Gasteiger partial charge in [0, 0.05) is 31.4 Å². The number of rotatable bonds is 7. The van der Waals surface area contributed by atoms with Crippen LogP contribution in [0.15, 0.2) is 18.3 Å². The van der Waals surface area contributed by atoms with E-state index in [1.807, 2.05) is 0 Å². The van der Waals surface area contributed by atoms with Crippen LogP contribution in [0.3, 0.4) is 0 Å². The zero-order chi connectivity index (χ0) is 26.0. The normalized spacial score (nSPS) is 18.7. The first kappa shape index (κ1) is 26.4. The van der Waals surface area contributed by atoms with Crippen LogP contribution in [-0.2, 0) is 16.2 Å². The fraction of sp³-hybridized carbons (Fsp3) is 0.450. The van der Waals surface area contributed by atoms with Crippen LogP contribution in [0, 0.1) is 5.82 Å². The van der Waals surface area contributed by atoms with Gasteiger partial charge in [-0.2, -0.15) is 18.2 Å². The van der Waals surface area contributed by atoms with Gasteiger partial charge >= 0.3 is 6.18 Å². The molecule has 35 heavy (non-hydrogen) atoms. The van der Waals surface area contributed by atoms with Gasteiger partial charge in [-0.15, -0.1) is 0 Å². The lowest BCUT2D eigenvalue weighted by atomic mass is 9.91. The maximum Gasteiger partial charge on any atom is 0.421 e. The Morgan fingerprint density at radius 2 is 1.83 bits per heavy atom. The third-order valence-corrected chi connectivity index (χ3v) is 6.08. The Labute approximate surface area is 198 Å². The number of hydrogen-bond acceptors (Lipinski definition) is 8. The Hall–Kier alpha value is -3.20. The fourth-order valence-corrected chi connectivity index (χ4v) is 4.58. The average molecular weight is 521 g/mol. The van der Waals surface area contributed by atoms with Gasteiger partial charge in [0.1, 0.15) is 22.9 Å². The second kappa shape index (κ2) is 10.2. The van der Waals surface area contributed by atoms with Crippen LogP contribution in [0.2, 0.25) is 0 Å². The van der Waals surface area contributed by atoms with Gasteiger partial charge in [0.15, 0.2) is 0 Å². The highest BCUT2D eigenvalue weighted by Gasteiger charge is 2.37. The molecule has 0 saturated heterocycles. The highest BCUT2D eigenvalue weighted by Crippen LogP contribution is 2.36. The number of aromatic nitrogens is 2. The number of benzene rings is 1. The predicted octanol–water partition coefficient (Wildman–Crippen LogP) is 2.72. The second-order valence-corrected chi connectivity index (χ2v) is 9.82. The summed E-state index contributed by atoms with van der Waals surface area (Å²) < 4.78 is 80.8. The minimum absolute atomic E-state index is 0.218. The quantitative estimate of drug-likeness (QED) is 0.277. The topological polar surface area (TPSA) is 145 Å². The smallest absolute Gasteiger partial charge is 0.421 e. The van der Waals surface area contributed by atoms with E-state index in [2.05, 4.69) is 30.6 Å². The van der Waals surface area contributed by atoms with E-state index in [4.69, 9.17) is 0 Å². The van der Waals surface area contributed by atoms with E-state index < -0.39 is 62.7 Å². The van der Waals surface area contributed by atoms with E-state index in [0.717, 1.165) is 12.3 Å². The zero-order valence-corrected chi connectivity index (χ0v) is 19.5. The van der Waals surface area contributed by atoms with Crippen molar-refractivity contribution in [3.05, 3.63) is 35.3 Å². The van der Waals surface area contributed by atoms with Crippen LogP contribution in [-0.4, -0.2) is 54.8 Å². The number of halogens is 4. The largest absolute Gasteiger partial charge is 0.506 e. The van der Waals surface area contributed by atoms with Crippen LogP contribution < -0.4 is 20.7 Å². The molecule has 10 nitrogen and oxygen atoms in total. The molecule has 2 atom stereocenters. The summed E-state index contributed by atoms with van der Waals surface area (Å²) in [6.45, 7) is 0. The van der Waals surface area contributed by atoms with Gasteiger partial charge < -0.3 is 21.1 Å². The number of phenolic OH excluding ortho intramolecular Hbond substituents is 1. The van der Waals surface area contributed by atoms with E-state index in [1.54, 1.807) is 0 Å². The number of carbonyl (C=O) groups excluding carboxylic acids is 1. The summed E-state index contributed by atoms with van der Waals surface area (Å²) in [4.78, 5) is 19.3. The number of nitrogens with zero attached hydrogens (tertiary/aromatic N) is 2. The van der Waals surface area contributed by atoms with Gasteiger partial charge in [-0.05, 0) is 18.9 Å². The molecule has 1 heterocycles. The summed E-state index contributed by atoms with van der Waals surface area (Å²) in [5.74, 6) is -3.41. The summed E-state index contributed by atoms with van der Waals surface area (Å²) in [6, 6.07) is 0.300. The molecule has 2 aromatic rings. The van der Waals surface area contributed by atoms with Crippen LogP contribution >= 0.6 is 0 Å². The van der Waals surface area contributed by atoms with E-state index in [0.29, 0.717) is 37.9 Å². The molecule has 15 heteroatoms. The van der Waals surface area contributed by atoms with Crippen molar-refractivity contribution in [1.29, 1.82) is 0 Å². The molecule has 3 rings (SSSR count). The Morgan fingerprint density at radius 3 is 2.43 bits per heavy atom. The Balaban J connectivity index is 1.96. The molecular weight excluding hydrogens is 496 g/mol. The number of phenols is 1. The maximum atomic E-state index is 14.0. The molecule has 1 aliphatic carbocycles. The molecule has 192 valence electrons. The van der Waals surface area contributed by atoms with Crippen molar-refractivity contribution in [2.75, 3.05) is 23.9 Å². The zero-order valence-electron chi connectivity index (χ0n) is 18.7. The molecular formula is C20H24F4N6O4S. The Morgan fingerprint density at radius 1 is 1.17 bits per heavy atom. The van der Waals surface area contributed by atoms with E-state index in [-0.39, 0.29) is 11.6 Å². The monoisotopic (exact) mass is 520 g/mol. The molecule has 1 aromatic heterocycles. The van der Waals surface area contributed by atoms with Crippen molar-refractivity contribution in [2.24, 2.45) is 0 Å². The Bertz CT molecular complexity index is 1210. The van der Waals surface area contributed by atoms with Crippen molar-refractivity contribution < 1.29 is 35.9 Å². The van der Waals surface area contributed by atoms with E-state index >= 15 is 0 Å². The van der Waals surface area contributed by atoms with Crippen molar-refractivity contribution in [2.45, 2.75) is 43.9 Å². The first-order valence-corrected chi connectivity index (χ1v) is 12.4. The number of aromatic hydroxyl groups is 1. The standard InChI is InChI=1S/C20H24F4N6O4S/c1-25-18(32)10-7-15(16(31)8-12(10)21)28-19-26-9-11(20(22,23)24)17(29-19)27-13-5-3-4-6-14(13)30-35(2,33)34/h7-9,13-14,30-31H,3-6H2,1-2H3,(H,25,32)(H2,26,27,28,29)/t13-,14?/m1/s1. The molecule has 1 unspecified atom stereocenters. The molecule has 0 radical (unpaired) electrons. The minimum atomic E-state index is -4.82. The highest BCUT2D eigenvalue weighted by molar-refractivity contribution is 7.88. The summed E-state index contributed by atoms with van der Waals surface area (Å²) in [6.07, 6.45) is -1.14. The van der Waals surface area contributed by atoms with E-state index in [1.165, 1.54) is 7.05 Å². The lowest BCUT2D eigenvalue weighted by Gasteiger charge is -2.33. The summed E-state index contributed by atoms with van der Waals surface area (Å²) in [5, 5.41) is 17.4. The molecule has 5 N–H and O–H groups in total. The predicted molar refractivity (Wildman–Crippen MR) is 119 cm³/mol. The third-order valence-electron chi connectivity index (χ3n) is 5.35. The van der Waals surface area contributed by atoms with Crippen LogP contribution in [0.4, 0.5) is 35.0 Å². The molecule has 1 fully saturated rings. The van der Waals surface area contributed by atoms with Crippen molar-refractivity contribution in [1.82, 2.24) is 20.0 Å². The number of nitrogens with one attached hydrogen (secondary N) is 4. The summed E-state index contributed by atoms with van der Waals surface area (Å²) in [7, 11) is -2.33. The number of amides is 1. The van der Waals surface area contributed by atoms with Gasteiger partial charge in [-0.1, -0.05) is 12.8 Å². The summed E-state index contributed by atoms with van der Waals surface area (Å²) in [5.41, 5.74) is -1.82. The molecule has 0 bridgehead atoms. The second-order valence-electron chi connectivity index (χ2n) is 8.04. The number of carbonyl (C=O) groups is 1. The molecule has 1 aliphatic rings. The average Bonchev–Trinajstić information content (AvgIpc) is 2.75. The van der Waals surface area contributed by atoms with Crippen LogP contribution in [0.1, 0.15) is 41.6 Å². The third kappa shape index (κ3) is 6.69. The molecule has 1 aromatic carbocycles. The van der Waals surface area contributed by atoms with Gasteiger partial charge in [-0.3, -0.25) is 4.79 Å². The summed E-state index contributed by atoms with van der Waals surface area (Å²) >= 11 is 0. The van der Waals surface area contributed by atoms with E-state index in [9.17, 15) is 35.9 Å². The van der Waals surface area contributed by atoms with Gasteiger partial charge in [0.2, 0.25) is 16.0 Å². The van der Waals surface area contributed by atoms with Gasteiger partial charge in [-0.25, -0.2) is 22.5 Å². The van der Waals surface area contributed by atoms with Crippen LogP contribution in [0.5, 0.6) is 5.75 Å². The molecule has 0 aliphatic heterocycles. The lowest BCUT2D eigenvalue weighted by Crippen LogP contribution is -2.48. The van der Waals surface area contributed by atoms with Gasteiger partial charge in [0.05, 0.1) is 17.5 Å². The maximum absolute atomic E-state index is 14.0. The first-order valence-electron chi connectivity index (χ1n) is 10.5. The number of sulfonamides is 1.